The Morgan fingerprint density at radius 1 is 0.821 bits per heavy atom. The second-order valence-electron chi connectivity index (χ2n) is 7.88. The Balaban J connectivity index is 0.000000878. The summed E-state index contributed by atoms with van der Waals surface area (Å²) in [4.78, 5) is 5.41. The summed E-state index contributed by atoms with van der Waals surface area (Å²) in [6, 6.07) is 15.4. The van der Waals surface area contributed by atoms with Crippen LogP contribution in [-0.2, 0) is 17.0 Å². The van der Waals surface area contributed by atoms with E-state index >= 15 is 0 Å². The average molecular weight is 466 g/mol. The molecule has 0 aliphatic heterocycles. The first kappa shape index (κ1) is 24.4. The van der Waals surface area contributed by atoms with Crippen LogP contribution in [0.15, 0.2) is 42.5 Å². The van der Waals surface area contributed by atoms with Crippen LogP contribution in [-0.4, -0.2) is 8.24 Å². The molecule has 0 saturated heterocycles. The molecule has 1 fully saturated rings. The molecular weight excluding hydrogens is 437 g/mol. The summed E-state index contributed by atoms with van der Waals surface area (Å²) in [5, 5.41) is 2.63. The van der Waals surface area contributed by atoms with Crippen molar-refractivity contribution >= 4 is 37.6 Å². The molecule has 0 unspecified atom stereocenters. The average Bonchev–Trinajstić information content (AvgIpc) is 2.85. The molecule has 1 atom stereocenters. The number of rotatable bonds is 4. The van der Waals surface area contributed by atoms with Gasteiger partial charge in [-0.25, -0.2) is 0 Å². The van der Waals surface area contributed by atoms with Crippen molar-refractivity contribution in [1.82, 2.24) is 0 Å². The van der Waals surface area contributed by atoms with Crippen LogP contribution < -0.4 is 0 Å². The van der Waals surface area contributed by atoms with Crippen LogP contribution in [0.1, 0.15) is 46.2 Å². The monoisotopic (exact) mass is 465 g/mol. The molecule has 0 heterocycles. The first-order chi connectivity index (χ1) is 13.2. The zero-order chi connectivity index (χ0) is 21.1. The van der Waals surface area contributed by atoms with Gasteiger partial charge in [0, 0.05) is 0 Å². The molecule has 0 N–H and O–H groups in total. The molecule has 2 aromatic carbocycles. The Bertz CT molecular complexity index is 750. The van der Waals surface area contributed by atoms with E-state index in [0.717, 1.165) is 0 Å². The summed E-state index contributed by atoms with van der Waals surface area (Å²) in [6.45, 7) is 16.1. The van der Waals surface area contributed by atoms with Crippen molar-refractivity contribution < 1.29 is 17.0 Å². The van der Waals surface area contributed by atoms with Crippen molar-refractivity contribution in [3.63, 3.8) is 0 Å². The van der Waals surface area contributed by atoms with Gasteiger partial charge in [0.25, 0.3) is 0 Å². The van der Waals surface area contributed by atoms with Gasteiger partial charge in [-0.2, -0.15) is 0 Å². The van der Waals surface area contributed by atoms with E-state index in [4.69, 9.17) is 23.6 Å². The van der Waals surface area contributed by atoms with Crippen LogP contribution >= 0.6 is 18.6 Å². The minimum absolute atomic E-state index is 0.210. The standard InChI is InChI=1S/C23H29NSi.2ClH.Ti/c1-15-16(2)18(4)23(17(15)3)25(6,7)24-19(5)21-14-10-12-20-11-8-9-13-22(20)21;;;/h8-14,19H,1-7H3;2*1H;/q-1;;;+2/p-2/t19-;;;/m1.../s1. The van der Waals surface area contributed by atoms with E-state index in [1.54, 1.807) is 0 Å². The SMILES string of the molecule is C[C]1[C](C)[C](C)[C]([Si](C)(C)[N-][C@H](C)c2cccc3ccccc23)[C]1C.[Cl][Ti][Cl]. The van der Waals surface area contributed by atoms with Gasteiger partial charge < -0.3 is 4.98 Å². The van der Waals surface area contributed by atoms with Gasteiger partial charge in [0.05, 0.1) is 0 Å². The molecule has 1 aliphatic carbocycles. The van der Waals surface area contributed by atoms with Crippen molar-refractivity contribution in [2.45, 2.75) is 53.8 Å². The fourth-order valence-electron chi connectivity index (χ4n) is 4.37. The van der Waals surface area contributed by atoms with Crippen LogP contribution in [0, 0.1) is 29.2 Å². The van der Waals surface area contributed by atoms with Crippen LogP contribution in [0.2, 0.25) is 13.1 Å². The van der Waals surface area contributed by atoms with Crippen LogP contribution in [0.25, 0.3) is 15.8 Å². The number of nitrogens with zero attached hydrogens (tertiary/aromatic N) is 1. The fraction of sp³-hybridized carbons (Fsp3) is 0.348. The Morgan fingerprint density at radius 2 is 1.32 bits per heavy atom. The molecule has 0 bridgehead atoms. The molecule has 1 aliphatic rings. The number of hydrogen-bond donors (Lipinski definition) is 0. The van der Waals surface area contributed by atoms with E-state index in [0.29, 0.717) is 0 Å². The molecule has 3 rings (SSSR count). The van der Waals surface area contributed by atoms with Crippen molar-refractivity contribution in [2.24, 2.45) is 0 Å². The van der Waals surface area contributed by atoms with Gasteiger partial charge in [-0.15, -0.1) is 6.04 Å². The molecule has 0 amide bonds. The molecule has 1 saturated carbocycles. The Morgan fingerprint density at radius 3 is 1.89 bits per heavy atom. The predicted molar refractivity (Wildman–Crippen MR) is 124 cm³/mol. The fourth-order valence-corrected chi connectivity index (χ4v) is 7.82. The van der Waals surface area contributed by atoms with E-state index in [-0.39, 0.29) is 6.04 Å². The van der Waals surface area contributed by atoms with Gasteiger partial charge in [0.1, 0.15) is 0 Å². The van der Waals surface area contributed by atoms with Crippen LogP contribution in [0.3, 0.4) is 0 Å². The Hall–Kier alpha value is 0.171. The van der Waals surface area contributed by atoms with E-state index < -0.39 is 25.3 Å². The molecule has 28 heavy (non-hydrogen) atoms. The maximum atomic E-state index is 5.41. The minimum atomic E-state index is -1.89. The van der Waals surface area contributed by atoms with Gasteiger partial charge in [-0.1, -0.05) is 104 Å². The summed E-state index contributed by atoms with van der Waals surface area (Å²) in [6.07, 6.45) is 0. The van der Waals surface area contributed by atoms with Crippen molar-refractivity contribution in [1.29, 1.82) is 0 Å². The van der Waals surface area contributed by atoms with Gasteiger partial charge in [0.2, 0.25) is 0 Å². The number of benzene rings is 2. The second-order valence-corrected chi connectivity index (χ2v) is 14.3. The first-order valence-electron chi connectivity index (χ1n) is 9.55. The second kappa shape index (κ2) is 10.5. The number of fused-ring (bicyclic) bond motifs is 1. The number of halogens is 2. The molecule has 149 valence electrons. The zero-order valence-electron chi connectivity index (χ0n) is 17.8. The Kier molecular flexibility index (Phi) is 9.13. The molecule has 1 nitrogen and oxygen atoms in total. The van der Waals surface area contributed by atoms with Crippen molar-refractivity contribution in [3.05, 3.63) is 82.2 Å². The molecule has 5 radical (unpaired) electrons. The van der Waals surface area contributed by atoms with E-state index in [9.17, 15) is 0 Å². The molecule has 5 heteroatoms. The van der Waals surface area contributed by atoms with Gasteiger partial charge in [-0.3, -0.25) is 0 Å². The predicted octanol–water partition coefficient (Wildman–Crippen LogP) is 8.36. The van der Waals surface area contributed by atoms with Gasteiger partial charge in [-0.05, 0) is 40.0 Å². The molecule has 0 aromatic heterocycles. The summed E-state index contributed by atoms with van der Waals surface area (Å²) in [7, 11) is 7.89. The van der Waals surface area contributed by atoms with Crippen molar-refractivity contribution in [3.8, 4) is 0 Å². The Labute approximate surface area is 189 Å². The maximum absolute atomic E-state index is 5.41. The summed E-state index contributed by atoms with van der Waals surface area (Å²) >= 11 is -0.556. The molecule has 2 aromatic rings. The molecule has 0 spiro atoms. The first-order valence-corrected chi connectivity index (χ1v) is 16.8. The third-order valence-electron chi connectivity index (χ3n) is 5.84. The zero-order valence-corrected chi connectivity index (χ0v) is 21.9. The summed E-state index contributed by atoms with van der Waals surface area (Å²) in [5.74, 6) is 5.81. The third kappa shape index (κ3) is 5.26. The molecular formula is C23H29Cl2NSiTi-. The third-order valence-corrected chi connectivity index (χ3v) is 8.85. The van der Waals surface area contributed by atoms with Crippen LogP contribution in [0.4, 0.5) is 0 Å². The van der Waals surface area contributed by atoms with Crippen molar-refractivity contribution in [2.75, 3.05) is 0 Å². The van der Waals surface area contributed by atoms with Crippen LogP contribution in [0.5, 0.6) is 0 Å². The quantitative estimate of drug-likeness (QED) is 0.402. The normalized spacial score (nSPS) is 18.9. The van der Waals surface area contributed by atoms with Gasteiger partial charge in [0.15, 0.2) is 0 Å². The van der Waals surface area contributed by atoms with Gasteiger partial charge >= 0.3 is 35.6 Å². The summed E-state index contributed by atoms with van der Waals surface area (Å²) < 4.78 is 0. The van der Waals surface area contributed by atoms with E-state index in [1.807, 2.05) is 0 Å². The summed E-state index contributed by atoms with van der Waals surface area (Å²) in [5.41, 5.74) is 2.88. The van der Waals surface area contributed by atoms with E-state index in [1.165, 1.54) is 45.5 Å². The number of hydrogen-bond acceptors (Lipinski definition) is 0. The van der Waals surface area contributed by atoms with E-state index in [2.05, 4.69) is 90.2 Å². The topological polar surface area (TPSA) is 14.1 Å².